The summed E-state index contributed by atoms with van der Waals surface area (Å²) in [5.41, 5.74) is 1.55. The van der Waals surface area contributed by atoms with Crippen LogP contribution in [-0.4, -0.2) is 37.3 Å². The summed E-state index contributed by atoms with van der Waals surface area (Å²) in [6.45, 7) is -0.368. The average molecular weight is 513 g/mol. The summed E-state index contributed by atoms with van der Waals surface area (Å²) in [6.07, 6.45) is 1.06. The van der Waals surface area contributed by atoms with Crippen molar-refractivity contribution in [1.29, 1.82) is 0 Å². The van der Waals surface area contributed by atoms with Crippen LogP contribution >= 0.6 is 39.0 Å². The summed E-state index contributed by atoms with van der Waals surface area (Å²) in [4.78, 5) is 12.4. The fourth-order valence-electron chi connectivity index (χ4n) is 2.36. The number of nitrogens with zero attached hydrogens (tertiary/aromatic N) is 3. The highest BCUT2D eigenvalue weighted by Crippen LogP contribution is 2.29. The minimum absolute atomic E-state index is 0.325. The van der Waals surface area contributed by atoms with Crippen molar-refractivity contribution in [2.75, 3.05) is 22.4 Å². The summed E-state index contributed by atoms with van der Waals surface area (Å²) in [6, 6.07) is 16.8. The first-order valence-corrected chi connectivity index (χ1v) is 12.8. The molecule has 1 heterocycles. The molecule has 29 heavy (non-hydrogen) atoms. The van der Waals surface area contributed by atoms with Crippen LogP contribution in [-0.2, 0) is 20.6 Å². The number of hydrogen-bond donors (Lipinski definition) is 1. The predicted molar refractivity (Wildman–Crippen MR) is 121 cm³/mol. The summed E-state index contributed by atoms with van der Waals surface area (Å²) in [5, 5.41) is 11.0. The molecule has 7 nitrogen and oxygen atoms in total. The Kier molecular flexibility index (Phi) is 7.28. The van der Waals surface area contributed by atoms with E-state index in [1.807, 2.05) is 30.3 Å². The highest BCUT2D eigenvalue weighted by Gasteiger charge is 2.23. The van der Waals surface area contributed by atoms with E-state index in [4.69, 9.17) is 0 Å². The van der Waals surface area contributed by atoms with Crippen LogP contribution < -0.4 is 9.62 Å². The molecule has 0 unspecified atom stereocenters. The lowest BCUT2D eigenvalue weighted by atomic mass is 10.2. The molecule has 0 saturated carbocycles. The lowest BCUT2D eigenvalue weighted by Crippen LogP contribution is -2.37. The third kappa shape index (κ3) is 6.26. The van der Waals surface area contributed by atoms with Crippen molar-refractivity contribution >= 4 is 65.8 Å². The van der Waals surface area contributed by atoms with E-state index in [1.165, 1.54) is 23.1 Å². The van der Waals surface area contributed by atoms with Crippen LogP contribution in [0.15, 0.2) is 63.4 Å². The minimum atomic E-state index is -3.66. The number of carbonyl (C=O) groups is 1. The Morgan fingerprint density at radius 1 is 1.14 bits per heavy atom. The number of benzene rings is 2. The highest BCUT2D eigenvalue weighted by molar-refractivity contribution is 9.10. The first kappa shape index (κ1) is 21.8. The Morgan fingerprint density at radius 2 is 1.83 bits per heavy atom. The number of para-hydroxylation sites is 1. The van der Waals surface area contributed by atoms with Crippen molar-refractivity contribution in [3.63, 3.8) is 0 Å². The molecule has 0 radical (unpaired) electrons. The zero-order valence-electron chi connectivity index (χ0n) is 15.3. The van der Waals surface area contributed by atoms with Gasteiger partial charge in [0.15, 0.2) is 4.34 Å². The van der Waals surface area contributed by atoms with Gasteiger partial charge >= 0.3 is 0 Å². The van der Waals surface area contributed by atoms with Crippen molar-refractivity contribution in [3.05, 3.63) is 64.6 Å². The van der Waals surface area contributed by atoms with Gasteiger partial charge in [-0.2, -0.15) is 0 Å². The van der Waals surface area contributed by atoms with Crippen molar-refractivity contribution in [2.45, 2.75) is 10.1 Å². The number of sulfonamides is 1. The SMILES string of the molecule is CS(=O)(=O)N(CC(=O)Nc1nnc(SCc2ccccc2)s1)c1ccccc1Br. The van der Waals surface area contributed by atoms with Gasteiger partial charge in [0, 0.05) is 10.2 Å². The van der Waals surface area contributed by atoms with Gasteiger partial charge in [0.05, 0.1) is 11.9 Å². The molecule has 1 aromatic heterocycles. The standard InChI is InChI=1S/C18H17BrN4O3S3/c1-29(25,26)23(15-10-6-5-9-14(15)19)11-16(24)20-17-21-22-18(28-17)27-12-13-7-3-2-4-8-13/h2-10H,11-12H2,1H3,(H,20,21,24). The van der Waals surface area contributed by atoms with Gasteiger partial charge in [-0.1, -0.05) is 65.6 Å². The number of aromatic nitrogens is 2. The van der Waals surface area contributed by atoms with E-state index in [0.29, 0.717) is 15.3 Å². The largest absolute Gasteiger partial charge is 0.299 e. The molecular weight excluding hydrogens is 496 g/mol. The van der Waals surface area contributed by atoms with Gasteiger partial charge in [-0.25, -0.2) is 8.42 Å². The molecule has 0 aliphatic carbocycles. The van der Waals surface area contributed by atoms with Crippen molar-refractivity contribution in [3.8, 4) is 0 Å². The van der Waals surface area contributed by atoms with Crippen LogP contribution in [0.25, 0.3) is 0 Å². The van der Waals surface area contributed by atoms with E-state index in [0.717, 1.165) is 26.2 Å². The lowest BCUT2D eigenvalue weighted by molar-refractivity contribution is -0.114. The second kappa shape index (κ2) is 9.70. The molecular formula is C18H17BrN4O3S3. The molecule has 0 aliphatic heterocycles. The van der Waals surface area contributed by atoms with Gasteiger partial charge in [-0.3, -0.25) is 14.4 Å². The minimum Gasteiger partial charge on any atom is -0.299 e. The second-order valence-electron chi connectivity index (χ2n) is 5.92. The van der Waals surface area contributed by atoms with E-state index >= 15 is 0 Å². The Balaban J connectivity index is 1.63. The van der Waals surface area contributed by atoms with E-state index in [-0.39, 0.29) is 6.54 Å². The monoisotopic (exact) mass is 512 g/mol. The fraction of sp³-hybridized carbons (Fsp3) is 0.167. The zero-order valence-corrected chi connectivity index (χ0v) is 19.3. The zero-order chi connectivity index (χ0) is 20.9. The first-order chi connectivity index (χ1) is 13.8. The molecule has 0 spiro atoms. The van der Waals surface area contributed by atoms with Crippen molar-refractivity contribution < 1.29 is 13.2 Å². The topological polar surface area (TPSA) is 92.3 Å². The lowest BCUT2D eigenvalue weighted by Gasteiger charge is -2.22. The maximum atomic E-state index is 12.4. The van der Waals surface area contributed by atoms with Crippen LogP contribution in [0.3, 0.4) is 0 Å². The van der Waals surface area contributed by atoms with Gasteiger partial charge in [0.1, 0.15) is 6.54 Å². The first-order valence-electron chi connectivity index (χ1n) is 8.35. The molecule has 0 saturated heterocycles. The molecule has 0 bridgehead atoms. The summed E-state index contributed by atoms with van der Waals surface area (Å²) < 4.78 is 26.7. The normalized spacial score (nSPS) is 11.2. The van der Waals surface area contributed by atoms with Gasteiger partial charge in [0.25, 0.3) is 0 Å². The van der Waals surface area contributed by atoms with E-state index in [9.17, 15) is 13.2 Å². The Morgan fingerprint density at radius 3 is 2.52 bits per heavy atom. The van der Waals surface area contributed by atoms with Crippen molar-refractivity contribution in [1.82, 2.24) is 10.2 Å². The number of rotatable bonds is 8. The van der Waals surface area contributed by atoms with E-state index in [2.05, 4.69) is 31.4 Å². The number of thioether (sulfide) groups is 1. The molecule has 1 N–H and O–H groups in total. The molecule has 11 heteroatoms. The number of amides is 1. The highest BCUT2D eigenvalue weighted by atomic mass is 79.9. The third-order valence-corrected chi connectivity index (χ3v) is 7.51. The Bertz CT molecular complexity index is 1090. The van der Waals surface area contributed by atoms with E-state index in [1.54, 1.807) is 24.3 Å². The number of hydrogen-bond acceptors (Lipinski definition) is 7. The third-order valence-electron chi connectivity index (χ3n) is 3.67. The van der Waals surface area contributed by atoms with Crippen LogP contribution in [0.4, 0.5) is 10.8 Å². The van der Waals surface area contributed by atoms with Crippen LogP contribution in [0.1, 0.15) is 5.56 Å². The molecule has 3 aromatic rings. The quantitative estimate of drug-likeness (QED) is 0.362. The number of carbonyl (C=O) groups excluding carboxylic acids is 1. The van der Waals surface area contributed by atoms with E-state index < -0.39 is 15.9 Å². The fourth-order valence-corrected chi connectivity index (χ4v) is 5.57. The number of anilines is 2. The van der Waals surface area contributed by atoms with Gasteiger partial charge in [0.2, 0.25) is 21.1 Å². The van der Waals surface area contributed by atoms with Crippen LogP contribution in [0.2, 0.25) is 0 Å². The van der Waals surface area contributed by atoms with Gasteiger partial charge in [-0.05, 0) is 33.6 Å². The molecule has 0 atom stereocenters. The molecule has 3 rings (SSSR count). The number of nitrogens with one attached hydrogen (secondary N) is 1. The molecule has 2 aromatic carbocycles. The van der Waals surface area contributed by atoms with Gasteiger partial charge < -0.3 is 0 Å². The summed E-state index contributed by atoms with van der Waals surface area (Å²) in [7, 11) is -3.66. The predicted octanol–water partition coefficient (Wildman–Crippen LogP) is 4.00. The number of halogens is 1. The Hall–Kier alpha value is -1.95. The molecule has 152 valence electrons. The molecule has 0 fully saturated rings. The van der Waals surface area contributed by atoms with Crippen molar-refractivity contribution in [2.24, 2.45) is 0 Å². The Labute approximate surface area is 185 Å². The molecule has 1 amide bonds. The van der Waals surface area contributed by atoms with Crippen LogP contribution in [0, 0.1) is 0 Å². The smallest absolute Gasteiger partial charge is 0.246 e. The second-order valence-corrected chi connectivity index (χ2v) is 10.9. The summed E-state index contributed by atoms with van der Waals surface area (Å²) in [5.74, 6) is 0.245. The maximum absolute atomic E-state index is 12.4. The summed E-state index contributed by atoms with van der Waals surface area (Å²) >= 11 is 6.09. The maximum Gasteiger partial charge on any atom is 0.246 e. The average Bonchev–Trinajstić information content (AvgIpc) is 3.12. The molecule has 0 aliphatic rings. The van der Waals surface area contributed by atoms with Gasteiger partial charge in [-0.15, -0.1) is 10.2 Å². The van der Waals surface area contributed by atoms with Crippen LogP contribution in [0.5, 0.6) is 0 Å².